The van der Waals surface area contributed by atoms with Crippen molar-refractivity contribution in [1.82, 2.24) is 14.9 Å². The number of hydrogen-bond donors (Lipinski definition) is 1. The molecule has 0 unspecified atom stereocenters. The molecule has 2 heterocycles. The lowest BCUT2D eigenvalue weighted by molar-refractivity contribution is 0.459. The fraction of sp³-hybridized carbons (Fsp3) is 0.269. The molecule has 0 fully saturated rings. The molecule has 2 aromatic heterocycles. The van der Waals surface area contributed by atoms with Gasteiger partial charge in [0, 0.05) is 28.8 Å². The molecule has 4 aromatic rings. The Labute approximate surface area is 196 Å². The highest BCUT2D eigenvalue weighted by molar-refractivity contribution is 7.84. The minimum absolute atomic E-state index is 0.259. The van der Waals surface area contributed by atoms with Crippen LogP contribution in [0.2, 0.25) is 0 Å². The van der Waals surface area contributed by atoms with Crippen molar-refractivity contribution >= 4 is 27.6 Å². The smallest absolute Gasteiger partial charge is 0.191 e. The monoisotopic (exact) mass is 458 g/mol. The number of pyridine rings is 1. The lowest BCUT2D eigenvalue weighted by atomic mass is 9.94. The Hall–Kier alpha value is -3.34. The van der Waals surface area contributed by atoms with Crippen LogP contribution in [0, 0.1) is 13.5 Å². The van der Waals surface area contributed by atoms with E-state index in [4.69, 9.17) is 11.1 Å². The first kappa shape index (κ1) is 22.8. The number of nitrogens with zero attached hydrogens (tertiary/aromatic N) is 3. The summed E-state index contributed by atoms with van der Waals surface area (Å²) in [5.41, 5.74) is 5.48. The average molecular weight is 459 g/mol. The van der Waals surface area contributed by atoms with Gasteiger partial charge in [0.15, 0.2) is 11.3 Å². The second-order valence-corrected chi connectivity index (χ2v) is 10.9. The zero-order valence-electron chi connectivity index (χ0n) is 19.1. The Morgan fingerprint density at radius 3 is 2.64 bits per heavy atom. The SMILES string of the molecule is [C-]#[N+]c1ccc2c(-c3ccccc3[C@H](Cc3cccc(C)n3)N[S@@](=O)C(C)(C)C)noc2c1. The van der Waals surface area contributed by atoms with E-state index in [0.717, 1.165) is 27.9 Å². The molecule has 1 N–H and O–H groups in total. The summed E-state index contributed by atoms with van der Waals surface area (Å²) in [6.45, 7) is 15.0. The normalized spacial score (nSPS) is 13.5. The van der Waals surface area contributed by atoms with Crippen molar-refractivity contribution in [3.05, 3.63) is 89.0 Å². The number of rotatable bonds is 6. The maximum Gasteiger partial charge on any atom is 0.191 e. The Bertz CT molecular complexity index is 1360. The highest BCUT2D eigenvalue weighted by Crippen LogP contribution is 2.35. The summed E-state index contributed by atoms with van der Waals surface area (Å²) >= 11 is 0. The molecule has 168 valence electrons. The summed E-state index contributed by atoms with van der Waals surface area (Å²) in [5, 5.41) is 5.17. The molecule has 0 amide bonds. The zero-order valence-corrected chi connectivity index (χ0v) is 19.9. The molecule has 4 rings (SSSR count). The van der Waals surface area contributed by atoms with Crippen molar-refractivity contribution in [3.63, 3.8) is 0 Å². The zero-order chi connectivity index (χ0) is 23.6. The van der Waals surface area contributed by atoms with Gasteiger partial charge in [-0.1, -0.05) is 47.6 Å². The van der Waals surface area contributed by atoms with Crippen LogP contribution in [-0.2, 0) is 17.4 Å². The lowest BCUT2D eigenvalue weighted by Crippen LogP contribution is -2.36. The van der Waals surface area contributed by atoms with Crippen LogP contribution in [0.25, 0.3) is 27.1 Å². The fourth-order valence-corrected chi connectivity index (χ4v) is 4.47. The molecule has 0 aliphatic heterocycles. The van der Waals surface area contributed by atoms with Gasteiger partial charge in [0.05, 0.1) is 28.3 Å². The molecular formula is C26H26N4O2S. The van der Waals surface area contributed by atoms with Crippen LogP contribution in [0.1, 0.15) is 43.8 Å². The molecule has 0 radical (unpaired) electrons. The lowest BCUT2D eigenvalue weighted by Gasteiger charge is -2.26. The summed E-state index contributed by atoms with van der Waals surface area (Å²) in [5.74, 6) is 0. The number of aromatic nitrogens is 2. The first-order chi connectivity index (χ1) is 15.8. The molecule has 6 nitrogen and oxygen atoms in total. The number of aryl methyl sites for hydroxylation is 1. The second-order valence-electron chi connectivity index (χ2n) is 8.94. The van der Waals surface area contributed by atoms with E-state index in [-0.39, 0.29) is 6.04 Å². The van der Waals surface area contributed by atoms with Gasteiger partial charge in [-0.05, 0) is 51.5 Å². The van der Waals surface area contributed by atoms with E-state index in [1.807, 2.05) is 76.2 Å². The Morgan fingerprint density at radius 2 is 1.91 bits per heavy atom. The first-order valence-electron chi connectivity index (χ1n) is 10.7. The quantitative estimate of drug-likeness (QED) is 0.355. The molecule has 2 atom stereocenters. The van der Waals surface area contributed by atoms with E-state index < -0.39 is 15.7 Å². The average Bonchev–Trinajstić information content (AvgIpc) is 3.21. The molecule has 0 aliphatic carbocycles. The van der Waals surface area contributed by atoms with Gasteiger partial charge in [0.1, 0.15) is 5.69 Å². The molecule has 33 heavy (non-hydrogen) atoms. The van der Waals surface area contributed by atoms with Crippen LogP contribution in [0.5, 0.6) is 0 Å². The number of fused-ring (bicyclic) bond motifs is 1. The summed E-state index contributed by atoms with van der Waals surface area (Å²) in [4.78, 5) is 8.14. The summed E-state index contributed by atoms with van der Waals surface area (Å²) in [6, 6.07) is 18.9. The van der Waals surface area contributed by atoms with Crippen LogP contribution < -0.4 is 4.72 Å². The van der Waals surface area contributed by atoms with Gasteiger partial charge in [0.2, 0.25) is 0 Å². The topological polar surface area (TPSA) is 72.4 Å². The van der Waals surface area contributed by atoms with Crippen molar-refractivity contribution in [2.75, 3.05) is 0 Å². The summed E-state index contributed by atoms with van der Waals surface area (Å²) in [7, 11) is -1.29. The predicted molar refractivity (Wildman–Crippen MR) is 132 cm³/mol. The Kier molecular flexibility index (Phi) is 6.41. The summed E-state index contributed by atoms with van der Waals surface area (Å²) < 4.78 is 21.6. The minimum Gasteiger partial charge on any atom is -0.357 e. The first-order valence-corrected chi connectivity index (χ1v) is 11.9. The van der Waals surface area contributed by atoms with E-state index in [1.54, 1.807) is 12.1 Å². The molecule has 2 aromatic carbocycles. The number of hydrogen-bond acceptors (Lipinski definition) is 4. The van der Waals surface area contributed by atoms with Crippen LogP contribution in [0.4, 0.5) is 5.69 Å². The minimum atomic E-state index is -1.29. The molecule has 0 bridgehead atoms. The van der Waals surface area contributed by atoms with E-state index in [9.17, 15) is 4.21 Å². The van der Waals surface area contributed by atoms with Crippen molar-refractivity contribution in [3.8, 4) is 11.3 Å². The van der Waals surface area contributed by atoms with E-state index in [1.165, 1.54) is 0 Å². The summed E-state index contributed by atoms with van der Waals surface area (Å²) in [6.07, 6.45) is 0.568. The van der Waals surface area contributed by atoms with Crippen molar-refractivity contribution in [2.24, 2.45) is 0 Å². The third-order valence-electron chi connectivity index (χ3n) is 5.34. The molecule has 0 spiro atoms. The highest BCUT2D eigenvalue weighted by atomic mass is 32.2. The van der Waals surface area contributed by atoms with E-state index >= 15 is 0 Å². The standard InChI is InChI=1S/C26H26N4O2S/c1-17-9-8-10-19(28-17)15-23(30-33(31)26(2,3)4)20-11-6-7-12-21(20)25-22-14-13-18(27-5)16-24(22)32-29-25/h6-14,16,23,30H,15H2,1-4H3/t23-,33-/m0/s1. The number of benzene rings is 2. The largest absolute Gasteiger partial charge is 0.357 e. The van der Waals surface area contributed by atoms with Gasteiger partial charge in [-0.3, -0.25) is 4.98 Å². The van der Waals surface area contributed by atoms with E-state index in [2.05, 4.69) is 19.7 Å². The van der Waals surface area contributed by atoms with Gasteiger partial charge in [-0.15, -0.1) is 0 Å². The highest BCUT2D eigenvalue weighted by Gasteiger charge is 2.27. The molecular weight excluding hydrogens is 432 g/mol. The maximum atomic E-state index is 13.1. The van der Waals surface area contributed by atoms with Gasteiger partial charge in [-0.25, -0.2) is 13.8 Å². The van der Waals surface area contributed by atoms with Crippen molar-refractivity contribution in [2.45, 2.75) is 44.9 Å². The van der Waals surface area contributed by atoms with Crippen LogP contribution >= 0.6 is 0 Å². The van der Waals surface area contributed by atoms with Gasteiger partial charge >= 0.3 is 0 Å². The fourth-order valence-electron chi connectivity index (χ4n) is 3.65. The van der Waals surface area contributed by atoms with Gasteiger partial charge in [0.25, 0.3) is 0 Å². The molecule has 0 saturated carbocycles. The Balaban J connectivity index is 1.81. The third kappa shape index (κ3) is 5.03. The van der Waals surface area contributed by atoms with Gasteiger partial charge < -0.3 is 4.52 Å². The molecule has 7 heteroatoms. The van der Waals surface area contributed by atoms with Crippen molar-refractivity contribution in [1.29, 1.82) is 0 Å². The maximum absolute atomic E-state index is 13.1. The van der Waals surface area contributed by atoms with Gasteiger partial charge in [-0.2, -0.15) is 0 Å². The van der Waals surface area contributed by atoms with Crippen LogP contribution in [0.15, 0.2) is 65.2 Å². The second kappa shape index (κ2) is 9.26. The van der Waals surface area contributed by atoms with Crippen LogP contribution in [0.3, 0.4) is 0 Å². The predicted octanol–water partition coefficient (Wildman–Crippen LogP) is 6.08. The number of nitrogens with one attached hydrogen (secondary N) is 1. The van der Waals surface area contributed by atoms with Crippen LogP contribution in [-0.4, -0.2) is 19.1 Å². The molecule has 0 saturated heterocycles. The van der Waals surface area contributed by atoms with E-state index in [0.29, 0.717) is 23.4 Å². The van der Waals surface area contributed by atoms with Crippen molar-refractivity contribution < 1.29 is 8.73 Å². The Morgan fingerprint density at radius 1 is 1.12 bits per heavy atom. The molecule has 0 aliphatic rings. The third-order valence-corrected chi connectivity index (χ3v) is 6.95.